The summed E-state index contributed by atoms with van der Waals surface area (Å²) >= 11 is 1.53. The molecule has 0 saturated carbocycles. The summed E-state index contributed by atoms with van der Waals surface area (Å²) in [5.74, 6) is 0.118. The molecular formula is C32H35N5O6S. The fourth-order valence-electron chi connectivity index (χ4n) is 4.97. The summed E-state index contributed by atoms with van der Waals surface area (Å²) in [5.41, 5.74) is 4.03. The number of hydrogen-bond acceptors (Lipinski definition) is 9. The van der Waals surface area contributed by atoms with Gasteiger partial charge in [-0.1, -0.05) is 85.4 Å². The predicted molar refractivity (Wildman–Crippen MR) is 165 cm³/mol. The van der Waals surface area contributed by atoms with Crippen molar-refractivity contribution in [3.63, 3.8) is 0 Å². The van der Waals surface area contributed by atoms with Gasteiger partial charge in [-0.2, -0.15) is 5.10 Å². The van der Waals surface area contributed by atoms with Gasteiger partial charge in [-0.05, 0) is 28.8 Å². The van der Waals surface area contributed by atoms with E-state index in [0.717, 1.165) is 22.3 Å². The van der Waals surface area contributed by atoms with Crippen LogP contribution in [0.5, 0.6) is 0 Å². The Bertz CT molecular complexity index is 1490. The third kappa shape index (κ3) is 8.03. The topological polar surface area (TPSA) is 148 Å². The highest BCUT2D eigenvalue weighted by molar-refractivity contribution is 7.99. The lowest BCUT2D eigenvalue weighted by Gasteiger charge is -2.41. The Hall–Kier alpha value is -4.23. The number of rotatable bonds is 11. The summed E-state index contributed by atoms with van der Waals surface area (Å²) in [4.78, 5) is 29.3. The normalized spacial score (nSPS) is 20.4. The number of carbonyl (C=O) groups is 2. The van der Waals surface area contributed by atoms with E-state index < -0.39 is 24.3 Å². The lowest BCUT2D eigenvalue weighted by molar-refractivity contribution is -0.268. The fraction of sp³-hybridized carbons (Fsp3) is 0.312. The zero-order valence-corrected chi connectivity index (χ0v) is 25.2. The van der Waals surface area contributed by atoms with Crippen LogP contribution in [0, 0.1) is 5.92 Å². The molecule has 4 aromatic rings. The van der Waals surface area contributed by atoms with Crippen LogP contribution in [0.1, 0.15) is 41.6 Å². The highest BCUT2D eigenvalue weighted by atomic mass is 32.2. The number of esters is 1. The number of benzene rings is 3. The number of methoxy groups -OCH3 is 1. The number of aliphatic hydroxyl groups excluding tert-OH is 1. The van der Waals surface area contributed by atoms with Crippen LogP contribution < -0.4 is 10.6 Å². The van der Waals surface area contributed by atoms with E-state index in [2.05, 4.69) is 32.7 Å². The molecule has 0 radical (unpaired) electrons. The largest absolute Gasteiger partial charge is 0.467 e. The number of carbonyl (C=O) groups excluding carboxylic acids is 2. The van der Waals surface area contributed by atoms with E-state index in [4.69, 9.17) is 14.2 Å². The molecule has 0 unspecified atom stereocenters. The van der Waals surface area contributed by atoms with Crippen LogP contribution in [0.3, 0.4) is 0 Å². The monoisotopic (exact) mass is 617 g/mol. The molecule has 2 amide bonds. The first-order valence-electron chi connectivity index (χ1n) is 14.2. The fourth-order valence-corrected chi connectivity index (χ4v) is 5.91. The number of amides is 2. The Morgan fingerprint density at radius 1 is 1.00 bits per heavy atom. The van der Waals surface area contributed by atoms with Crippen molar-refractivity contribution in [2.45, 2.75) is 49.6 Å². The summed E-state index contributed by atoms with van der Waals surface area (Å²) in [6.45, 7) is 2.07. The van der Waals surface area contributed by atoms with E-state index in [9.17, 15) is 14.7 Å². The molecule has 11 nitrogen and oxygen atoms in total. The highest BCUT2D eigenvalue weighted by Gasteiger charge is 2.38. The number of nitrogens with one attached hydrogen (secondary N) is 3. The van der Waals surface area contributed by atoms with Gasteiger partial charge in [0.15, 0.2) is 11.4 Å². The van der Waals surface area contributed by atoms with Crippen molar-refractivity contribution in [1.82, 2.24) is 20.5 Å². The van der Waals surface area contributed by atoms with Crippen molar-refractivity contribution in [3.8, 4) is 0 Å². The van der Waals surface area contributed by atoms with Gasteiger partial charge >= 0.3 is 12.0 Å². The van der Waals surface area contributed by atoms with E-state index in [1.807, 2.05) is 66.7 Å². The van der Waals surface area contributed by atoms with Crippen molar-refractivity contribution in [1.29, 1.82) is 0 Å². The molecule has 0 spiro atoms. The van der Waals surface area contributed by atoms with Crippen LogP contribution in [0.25, 0.3) is 0 Å². The molecule has 230 valence electrons. The Morgan fingerprint density at radius 2 is 1.73 bits per heavy atom. The van der Waals surface area contributed by atoms with Gasteiger partial charge in [-0.3, -0.25) is 5.10 Å². The number of aromatic amines is 1. The third-order valence-electron chi connectivity index (χ3n) is 7.42. The van der Waals surface area contributed by atoms with Crippen molar-refractivity contribution in [2.24, 2.45) is 5.92 Å². The zero-order valence-electron chi connectivity index (χ0n) is 24.4. The van der Waals surface area contributed by atoms with Crippen LogP contribution in [-0.2, 0) is 32.0 Å². The van der Waals surface area contributed by atoms with Gasteiger partial charge in [-0.25, -0.2) is 14.6 Å². The average Bonchev–Trinajstić information content (AvgIpc) is 3.58. The molecule has 5 atom stereocenters. The molecule has 5 rings (SSSR count). The number of thioether (sulfide) groups is 1. The summed E-state index contributed by atoms with van der Waals surface area (Å²) < 4.78 is 17.8. The smallest absolute Gasteiger partial charge is 0.328 e. The molecule has 1 fully saturated rings. The highest BCUT2D eigenvalue weighted by Crippen LogP contribution is 2.42. The molecule has 0 bridgehead atoms. The van der Waals surface area contributed by atoms with Crippen LogP contribution in [0.2, 0.25) is 0 Å². The minimum absolute atomic E-state index is 0.0185. The summed E-state index contributed by atoms with van der Waals surface area (Å²) in [7, 11) is 1.29. The first-order chi connectivity index (χ1) is 21.4. The van der Waals surface area contributed by atoms with Crippen molar-refractivity contribution in [2.75, 3.05) is 18.2 Å². The van der Waals surface area contributed by atoms with Crippen LogP contribution >= 0.6 is 11.8 Å². The van der Waals surface area contributed by atoms with Gasteiger partial charge in [0, 0.05) is 29.3 Å². The van der Waals surface area contributed by atoms with Crippen molar-refractivity contribution >= 4 is 29.4 Å². The van der Waals surface area contributed by atoms with Crippen LogP contribution in [-0.4, -0.2) is 57.3 Å². The van der Waals surface area contributed by atoms with Gasteiger partial charge < -0.3 is 30.0 Å². The van der Waals surface area contributed by atoms with E-state index in [1.54, 1.807) is 12.1 Å². The maximum absolute atomic E-state index is 12.8. The van der Waals surface area contributed by atoms with Crippen LogP contribution in [0.15, 0.2) is 90.3 Å². The average molecular weight is 618 g/mol. The Balaban J connectivity index is 1.27. The molecule has 4 N–H and O–H groups in total. The number of ether oxygens (including phenoxy) is 3. The quantitative estimate of drug-likeness (QED) is 0.138. The molecule has 44 heavy (non-hydrogen) atoms. The number of anilines is 1. The zero-order chi connectivity index (χ0) is 30.9. The second kappa shape index (κ2) is 15.0. The molecule has 1 aromatic heterocycles. The standard InChI is InChI=1S/C32H35N5O6S/c1-20-27(18-44-32-33-19-34-37-32)42-30(43-28(20)23-10-8-22(17-38)9-11-23)24-12-14-25(15-13-24)35-31(40)36-26(29(39)41-2)16-21-6-4-3-5-7-21/h3-15,19-20,26-28,30,38H,16-18H2,1-2H3,(H,33,34,37)(H2,35,36,40)/t20-,26+,27+,28+,30+/m1/s1. The van der Waals surface area contributed by atoms with Gasteiger partial charge in [0.25, 0.3) is 0 Å². The predicted octanol–water partition coefficient (Wildman–Crippen LogP) is 4.79. The lowest BCUT2D eigenvalue weighted by Crippen LogP contribution is -2.45. The first kappa shape index (κ1) is 31.2. The third-order valence-corrected chi connectivity index (χ3v) is 8.38. The van der Waals surface area contributed by atoms with Crippen molar-refractivity contribution < 1.29 is 28.9 Å². The maximum Gasteiger partial charge on any atom is 0.328 e. The number of aromatic nitrogens is 3. The van der Waals surface area contributed by atoms with Gasteiger partial charge in [-0.15, -0.1) is 0 Å². The number of H-pyrrole nitrogens is 1. The molecule has 1 aliphatic heterocycles. The molecular weight excluding hydrogens is 582 g/mol. The SMILES string of the molecule is COC(=O)[C@H](Cc1ccccc1)NC(=O)Nc1ccc([C@H]2O[C@@H](CSc3ncn[nH]3)[C@@H](C)[C@@H](c3ccc(CO)cc3)O2)cc1. The second-order valence-electron chi connectivity index (χ2n) is 10.4. The first-order valence-corrected chi connectivity index (χ1v) is 15.2. The Kier molecular flexibility index (Phi) is 10.6. The summed E-state index contributed by atoms with van der Waals surface area (Å²) in [6, 6.07) is 23.0. The van der Waals surface area contributed by atoms with E-state index >= 15 is 0 Å². The lowest BCUT2D eigenvalue weighted by atomic mass is 9.91. The second-order valence-corrected chi connectivity index (χ2v) is 11.4. The minimum atomic E-state index is -0.845. The van der Waals surface area contributed by atoms with Crippen LogP contribution in [0.4, 0.5) is 10.5 Å². The maximum atomic E-state index is 12.8. The molecule has 0 aliphatic carbocycles. The van der Waals surface area contributed by atoms with Gasteiger partial charge in [0.2, 0.25) is 0 Å². The van der Waals surface area contributed by atoms with Gasteiger partial charge in [0.1, 0.15) is 12.4 Å². The summed E-state index contributed by atoms with van der Waals surface area (Å²) in [6.07, 6.45) is 0.681. The number of urea groups is 1. The number of aliphatic hydroxyl groups is 1. The number of hydrogen-bond donors (Lipinski definition) is 4. The molecule has 1 aliphatic rings. The molecule has 12 heteroatoms. The molecule has 3 aromatic carbocycles. The molecule has 1 saturated heterocycles. The van der Waals surface area contributed by atoms with Gasteiger partial charge in [0.05, 0.1) is 25.9 Å². The van der Waals surface area contributed by atoms with E-state index in [-0.39, 0.29) is 24.7 Å². The Labute approximate surface area is 259 Å². The van der Waals surface area contributed by atoms with Crippen molar-refractivity contribution in [3.05, 3.63) is 107 Å². The number of nitrogens with zero attached hydrogens (tertiary/aromatic N) is 2. The molecule has 2 heterocycles. The minimum Gasteiger partial charge on any atom is -0.467 e. The summed E-state index contributed by atoms with van der Waals surface area (Å²) in [5, 5.41) is 22.5. The van der Waals surface area contributed by atoms with E-state index in [1.165, 1.54) is 25.2 Å². The Morgan fingerprint density at radius 3 is 2.39 bits per heavy atom. The van der Waals surface area contributed by atoms with E-state index in [0.29, 0.717) is 23.0 Å².